The van der Waals surface area contributed by atoms with Gasteiger partial charge in [-0.2, -0.15) is 5.10 Å². The Morgan fingerprint density at radius 1 is 1.13 bits per heavy atom. The van der Waals surface area contributed by atoms with E-state index in [2.05, 4.69) is 29.2 Å². The van der Waals surface area contributed by atoms with Crippen LogP contribution in [0.5, 0.6) is 0 Å². The van der Waals surface area contributed by atoms with Gasteiger partial charge >= 0.3 is 0 Å². The molecule has 1 N–H and O–H groups in total. The molecule has 1 aliphatic carbocycles. The highest BCUT2D eigenvalue weighted by molar-refractivity contribution is 7.91. The number of sulfone groups is 1. The Kier molecular flexibility index (Phi) is 6.60. The van der Waals surface area contributed by atoms with Crippen molar-refractivity contribution in [3.8, 4) is 11.3 Å². The van der Waals surface area contributed by atoms with Crippen LogP contribution >= 0.6 is 0 Å². The molecule has 0 radical (unpaired) electrons. The van der Waals surface area contributed by atoms with Gasteiger partial charge < -0.3 is 5.11 Å². The van der Waals surface area contributed by atoms with E-state index in [4.69, 9.17) is 5.10 Å². The third-order valence-corrected chi connectivity index (χ3v) is 8.40. The third-order valence-electron chi connectivity index (χ3n) is 6.65. The highest BCUT2D eigenvalue weighted by Crippen LogP contribution is 2.34. The van der Waals surface area contributed by atoms with Crippen LogP contribution < -0.4 is 0 Å². The summed E-state index contributed by atoms with van der Waals surface area (Å²) in [5, 5.41) is 14.2. The molecule has 6 nitrogen and oxygen atoms in total. The summed E-state index contributed by atoms with van der Waals surface area (Å²) >= 11 is 0. The maximum absolute atomic E-state index is 12.0. The van der Waals surface area contributed by atoms with Crippen LogP contribution in [-0.2, 0) is 23.4 Å². The first kappa shape index (κ1) is 21.5. The van der Waals surface area contributed by atoms with Crippen molar-refractivity contribution in [2.24, 2.45) is 7.05 Å². The molecular weight excluding hydrogens is 398 g/mol. The maximum Gasteiger partial charge on any atom is 0.151 e. The molecule has 1 aromatic heterocycles. The van der Waals surface area contributed by atoms with Gasteiger partial charge in [0.2, 0.25) is 0 Å². The Morgan fingerprint density at radius 2 is 1.87 bits per heavy atom. The minimum absolute atomic E-state index is 0.0161. The van der Waals surface area contributed by atoms with Crippen molar-refractivity contribution >= 4 is 9.84 Å². The van der Waals surface area contributed by atoms with Crippen LogP contribution in [0.2, 0.25) is 0 Å². The van der Waals surface area contributed by atoms with E-state index in [0.717, 1.165) is 16.8 Å². The summed E-state index contributed by atoms with van der Waals surface area (Å²) in [6.45, 7) is 1.08. The molecule has 2 aromatic rings. The van der Waals surface area contributed by atoms with Gasteiger partial charge in [-0.15, -0.1) is 0 Å². The summed E-state index contributed by atoms with van der Waals surface area (Å²) in [6.07, 6.45) is 9.23. The molecule has 164 valence electrons. The Labute approximate surface area is 179 Å². The summed E-state index contributed by atoms with van der Waals surface area (Å²) in [5.41, 5.74) is 4.53. The Balaban J connectivity index is 1.54. The van der Waals surface area contributed by atoms with Crippen LogP contribution in [0.1, 0.15) is 55.6 Å². The first-order chi connectivity index (χ1) is 14.4. The first-order valence-electron chi connectivity index (χ1n) is 11.1. The summed E-state index contributed by atoms with van der Waals surface area (Å²) in [7, 11) is -1.05. The van der Waals surface area contributed by atoms with Gasteiger partial charge in [0.05, 0.1) is 23.8 Å². The molecule has 2 fully saturated rings. The molecule has 0 spiro atoms. The van der Waals surface area contributed by atoms with E-state index >= 15 is 0 Å². The highest BCUT2D eigenvalue weighted by Gasteiger charge is 2.32. The number of hydrogen-bond acceptors (Lipinski definition) is 5. The topological polar surface area (TPSA) is 75.4 Å². The molecule has 0 bridgehead atoms. The van der Waals surface area contributed by atoms with E-state index in [1.165, 1.54) is 37.7 Å². The lowest BCUT2D eigenvalue weighted by Gasteiger charge is -2.27. The SMILES string of the molecule is Cn1cc(CN(CCO)[C@@H]2CCS(=O)(=O)C2)c(-c2ccc(C3CCCCC3)cc2)n1. The molecule has 1 saturated carbocycles. The van der Waals surface area contributed by atoms with E-state index in [1.807, 2.05) is 17.9 Å². The van der Waals surface area contributed by atoms with Crippen LogP contribution in [0, 0.1) is 0 Å². The smallest absolute Gasteiger partial charge is 0.151 e. The van der Waals surface area contributed by atoms with E-state index in [1.54, 1.807) is 0 Å². The van der Waals surface area contributed by atoms with Crippen LogP contribution in [0.25, 0.3) is 11.3 Å². The number of benzene rings is 1. The number of aromatic nitrogens is 2. The molecule has 2 heterocycles. The zero-order valence-electron chi connectivity index (χ0n) is 17.8. The normalized spacial score (nSPS) is 22.0. The average Bonchev–Trinajstić information content (AvgIpc) is 3.30. The van der Waals surface area contributed by atoms with Crippen LogP contribution in [-0.4, -0.2) is 58.9 Å². The average molecular weight is 432 g/mol. The predicted molar refractivity (Wildman–Crippen MR) is 119 cm³/mol. The van der Waals surface area contributed by atoms with E-state index in [9.17, 15) is 13.5 Å². The van der Waals surface area contributed by atoms with Crippen molar-refractivity contribution in [3.63, 3.8) is 0 Å². The number of aryl methyl sites for hydroxylation is 1. The van der Waals surface area contributed by atoms with E-state index < -0.39 is 9.84 Å². The van der Waals surface area contributed by atoms with Crippen molar-refractivity contribution < 1.29 is 13.5 Å². The van der Waals surface area contributed by atoms with E-state index in [-0.39, 0.29) is 24.2 Å². The highest BCUT2D eigenvalue weighted by atomic mass is 32.2. The number of hydrogen-bond donors (Lipinski definition) is 1. The maximum atomic E-state index is 12.0. The predicted octanol–water partition coefficient (Wildman–Crippen LogP) is 3.12. The lowest BCUT2D eigenvalue weighted by molar-refractivity contribution is 0.154. The van der Waals surface area contributed by atoms with Gasteiger partial charge in [0, 0.05) is 43.5 Å². The molecule has 1 aromatic carbocycles. The molecule has 0 unspecified atom stereocenters. The largest absolute Gasteiger partial charge is 0.395 e. The van der Waals surface area contributed by atoms with E-state index in [0.29, 0.717) is 25.4 Å². The number of nitrogens with zero attached hydrogens (tertiary/aromatic N) is 3. The third kappa shape index (κ3) is 4.95. The Morgan fingerprint density at radius 3 is 2.50 bits per heavy atom. The molecule has 1 aliphatic heterocycles. The van der Waals surface area contributed by atoms with Crippen molar-refractivity contribution in [2.45, 2.75) is 57.0 Å². The molecular formula is C23H33N3O3S. The fraction of sp³-hybridized carbons (Fsp3) is 0.609. The van der Waals surface area contributed by atoms with Gasteiger partial charge in [-0.25, -0.2) is 8.42 Å². The molecule has 0 amide bonds. The second kappa shape index (κ2) is 9.20. The molecule has 1 saturated heterocycles. The van der Waals surface area contributed by atoms with Crippen LogP contribution in [0.3, 0.4) is 0 Å². The fourth-order valence-electron chi connectivity index (χ4n) is 5.05. The summed E-state index contributed by atoms with van der Waals surface area (Å²) < 4.78 is 25.7. The quantitative estimate of drug-likeness (QED) is 0.729. The lowest BCUT2D eigenvalue weighted by Crippen LogP contribution is -2.37. The number of aliphatic hydroxyl groups excluding tert-OH is 1. The molecule has 2 aliphatic rings. The van der Waals surface area contributed by atoms with Gasteiger partial charge in [0.15, 0.2) is 9.84 Å². The van der Waals surface area contributed by atoms with Crippen LogP contribution in [0.15, 0.2) is 30.5 Å². The Bertz CT molecular complexity index is 947. The molecule has 1 atom stereocenters. The molecule has 7 heteroatoms. The van der Waals surface area contributed by atoms with Crippen molar-refractivity contribution in [1.29, 1.82) is 0 Å². The van der Waals surface area contributed by atoms with Gasteiger partial charge in [-0.05, 0) is 30.7 Å². The lowest BCUT2D eigenvalue weighted by atomic mass is 9.84. The van der Waals surface area contributed by atoms with Crippen molar-refractivity contribution in [1.82, 2.24) is 14.7 Å². The fourth-order valence-corrected chi connectivity index (χ4v) is 6.81. The monoisotopic (exact) mass is 431 g/mol. The Hall–Kier alpha value is -1.70. The van der Waals surface area contributed by atoms with Crippen LogP contribution in [0.4, 0.5) is 0 Å². The molecule has 30 heavy (non-hydrogen) atoms. The zero-order valence-corrected chi connectivity index (χ0v) is 18.6. The minimum Gasteiger partial charge on any atom is -0.395 e. The number of rotatable bonds is 7. The summed E-state index contributed by atoms with van der Waals surface area (Å²) in [6, 6.07) is 8.81. The zero-order chi connectivity index (χ0) is 21.1. The second-order valence-electron chi connectivity index (χ2n) is 8.88. The van der Waals surface area contributed by atoms with Crippen molar-refractivity contribution in [3.05, 3.63) is 41.6 Å². The number of aliphatic hydroxyl groups is 1. The van der Waals surface area contributed by atoms with Gasteiger partial charge in [-0.1, -0.05) is 43.5 Å². The van der Waals surface area contributed by atoms with Gasteiger partial charge in [0.25, 0.3) is 0 Å². The van der Waals surface area contributed by atoms with Gasteiger partial charge in [0.1, 0.15) is 0 Å². The van der Waals surface area contributed by atoms with Gasteiger partial charge in [-0.3, -0.25) is 9.58 Å². The summed E-state index contributed by atoms with van der Waals surface area (Å²) in [5.74, 6) is 1.10. The first-order valence-corrected chi connectivity index (χ1v) is 13.0. The van der Waals surface area contributed by atoms with Crippen molar-refractivity contribution in [2.75, 3.05) is 24.7 Å². The summed E-state index contributed by atoms with van der Waals surface area (Å²) in [4.78, 5) is 2.10. The molecule has 4 rings (SSSR count). The minimum atomic E-state index is -2.97. The standard InChI is InChI=1S/C23H33N3O3S/c1-25-15-21(16-26(12-13-27)22-11-14-30(28,29)17-22)23(24-25)20-9-7-19(8-10-20)18-5-3-2-4-6-18/h7-10,15,18,22,27H,2-6,11-14,16-17H2,1H3/t22-/m1/s1. The second-order valence-corrected chi connectivity index (χ2v) is 11.1.